The Balaban J connectivity index is 1.53. The third-order valence-electron chi connectivity index (χ3n) is 4.65. The first-order chi connectivity index (χ1) is 16.0. The van der Waals surface area contributed by atoms with Crippen LogP contribution in [0.15, 0.2) is 94.3 Å². The zero-order valence-electron chi connectivity index (χ0n) is 17.6. The number of rotatable bonds is 7. The fraction of sp³-hybridized carbons (Fsp3) is 0.0800. The Morgan fingerprint density at radius 2 is 1.73 bits per heavy atom. The van der Waals surface area contributed by atoms with Gasteiger partial charge in [0.25, 0.3) is 5.91 Å². The fourth-order valence-electron chi connectivity index (χ4n) is 3.13. The Kier molecular flexibility index (Phi) is 7.12. The minimum absolute atomic E-state index is 0.229. The monoisotopic (exact) mass is 477 g/mol. The van der Waals surface area contributed by atoms with E-state index in [0.717, 1.165) is 10.5 Å². The molecular weight excluding hydrogens is 458 g/mol. The van der Waals surface area contributed by atoms with Crippen molar-refractivity contribution in [2.75, 3.05) is 10.6 Å². The van der Waals surface area contributed by atoms with Gasteiger partial charge in [0.1, 0.15) is 11.0 Å². The molecule has 8 heteroatoms. The van der Waals surface area contributed by atoms with Crippen molar-refractivity contribution in [3.8, 4) is 0 Å². The predicted octanol–water partition coefficient (Wildman–Crippen LogP) is 6.36. The number of amides is 2. The molecule has 0 spiro atoms. The average molecular weight is 478 g/mol. The summed E-state index contributed by atoms with van der Waals surface area (Å²) in [5.41, 5.74) is 1.92. The van der Waals surface area contributed by atoms with Crippen molar-refractivity contribution < 1.29 is 14.1 Å². The van der Waals surface area contributed by atoms with Gasteiger partial charge in [-0.05, 0) is 48.9 Å². The van der Waals surface area contributed by atoms with Gasteiger partial charge in [0.05, 0.1) is 0 Å². The summed E-state index contributed by atoms with van der Waals surface area (Å²) in [4.78, 5) is 26.5. The van der Waals surface area contributed by atoms with E-state index in [-0.39, 0.29) is 11.8 Å². The van der Waals surface area contributed by atoms with Crippen LogP contribution in [0.5, 0.6) is 0 Å². The van der Waals surface area contributed by atoms with Gasteiger partial charge in [-0.15, -0.1) is 11.8 Å². The molecule has 0 saturated carbocycles. The van der Waals surface area contributed by atoms with Gasteiger partial charge in [-0.25, -0.2) is 0 Å². The molecule has 2 amide bonds. The van der Waals surface area contributed by atoms with E-state index in [1.165, 1.54) is 11.8 Å². The second kappa shape index (κ2) is 10.4. The third kappa shape index (κ3) is 6.03. The molecule has 0 aliphatic carbocycles. The first kappa shape index (κ1) is 22.6. The second-order valence-corrected chi connectivity index (χ2v) is 8.83. The molecule has 2 N–H and O–H groups in total. The van der Waals surface area contributed by atoms with E-state index in [1.807, 2.05) is 48.5 Å². The number of anilines is 2. The summed E-state index contributed by atoms with van der Waals surface area (Å²) < 4.78 is 5.05. The lowest BCUT2D eigenvalue weighted by atomic mass is 10.1. The highest BCUT2D eigenvalue weighted by Crippen LogP contribution is 2.37. The molecule has 4 rings (SSSR count). The molecule has 0 aliphatic heterocycles. The highest BCUT2D eigenvalue weighted by Gasteiger charge is 2.23. The molecule has 1 aromatic heterocycles. The van der Waals surface area contributed by atoms with Crippen LogP contribution in [-0.4, -0.2) is 17.0 Å². The van der Waals surface area contributed by atoms with E-state index in [4.69, 9.17) is 16.1 Å². The zero-order valence-corrected chi connectivity index (χ0v) is 19.2. The Bertz CT molecular complexity index is 1280. The number of benzene rings is 3. The first-order valence-corrected chi connectivity index (χ1v) is 11.4. The maximum Gasteiger partial charge on any atom is 0.255 e. The van der Waals surface area contributed by atoms with Crippen LogP contribution in [0.1, 0.15) is 26.9 Å². The minimum atomic E-state index is -0.540. The summed E-state index contributed by atoms with van der Waals surface area (Å²) in [5, 5.41) is 9.48. The van der Waals surface area contributed by atoms with E-state index < -0.39 is 5.25 Å². The number of hydrogen-bond donors (Lipinski definition) is 2. The summed E-state index contributed by atoms with van der Waals surface area (Å²) >= 11 is 7.36. The van der Waals surface area contributed by atoms with Gasteiger partial charge in [0.15, 0.2) is 5.82 Å². The molecule has 0 aliphatic rings. The molecule has 0 saturated heterocycles. The summed E-state index contributed by atoms with van der Waals surface area (Å²) in [6.45, 7) is 1.76. The maximum atomic E-state index is 13.1. The van der Waals surface area contributed by atoms with Crippen molar-refractivity contribution in [2.24, 2.45) is 0 Å². The number of carbonyl (C=O) groups is 2. The molecule has 166 valence electrons. The number of thioether (sulfide) groups is 1. The van der Waals surface area contributed by atoms with E-state index in [1.54, 1.807) is 43.3 Å². The average Bonchev–Trinajstić information content (AvgIpc) is 3.22. The largest absolute Gasteiger partial charge is 0.360 e. The lowest BCUT2D eigenvalue weighted by Crippen LogP contribution is -2.19. The second-order valence-electron chi connectivity index (χ2n) is 7.21. The van der Waals surface area contributed by atoms with Crippen LogP contribution in [-0.2, 0) is 4.79 Å². The number of hydrogen-bond acceptors (Lipinski definition) is 5. The first-order valence-electron chi connectivity index (χ1n) is 10.1. The maximum absolute atomic E-state index is 13.1. The van der Waals surface area contributed by atoms with Gasteiger partial charge in [-0.1, -0.05) is 59.2 Å². The predicted molar refractivity (Wildman–Crippen MR) is 131 cm³/mol. The van der Waals surface area contributed by atoms with E-state index >= 15 is 0 Å². The van der Waals surface area contributed by atoms with Crippen molar-refractivity contribution in [2.45, 2.75) is 17.1 Å². The quantitative estimate of drug-likeness (QED) is 0.302. The summed E-state index contributed by atoms with van der Waals surface area (Å²) in [7, 11) is 0. The van der Waals surface area contributed by atoms with Crippen LogP contribution in [0.25, 0.3) is 0 Å². The molecule has 4 aromatic rings. The number of carbonyl (C=O) groups excluding carboxylic acids is 2. The number of nitrogens with zero attached hydrogens (tertiary/aromatic N) is 1. The SMILES string of the molecule is Cc1cc(NC(=O)C(Sc2cccc(NC(=O)c3cccc(Cl)c3)c2)c2ccccc2)no1. The number of aromatic nitrogens is 1. The highest BCUT2D eigenvalue weighted by atomic mass is 35.5. The molecule has 0 radical (unpaired) electrons. The minimum Gasteiger partial charge on any atom is -0.360 e. The van der Waals surface area contributed by atoms with Gasteiger partial charge in [0.2, 0.25) is 5.91 Å². The topological polar surface area (TPSA) is 84.2 Å². The van der Waals surface area contributed by atoms with Gasteiger partial charge in [-0.3, -0.25) is 9.59 Å². The fourth-order valence-corrected chi connectivity index (χ4v) is 4.41. The zero-order chi connectivity index (χ0) is 23.2. The van der Waals surface area contributed by atoms with Crippen LogP contribution in [0.2, 0.25) is 5.02 Å². The van der Waals surface area contributed by atoms with E-state index in [9.17, 15) is 9.59 Å². The Morgan fingerprint density at radius 3 is 2.45 bits per heavy atom. The van der Waals surface area contributed by atoms with Crippen LogP contribution in [0.3, 0.4) is 0 Å². The van der Waals surface area contributed by atoms with Crippen molar-refractivity contribution in [3.63, 3.8) is 0 Å². The van der Waals surface area contributed by atoms with Crippen LogP contribution >= 0.6 is 23.4 Å². The van der Waals surface area contributed by atoms with Crippen LogP contribution in [0, 0.1) is 6.92 Å². The highest BCUT2D eigenvalue weighted by molar-refractivity contribution is 8.00. The molecule has 0 bridgehead atoms. The number of aryl methyl sites for hydroxylation is 1. The molecule has 1 unspecified atom stereocenters. The van der Waals surface area contributed by atoms with Crippen molar-refractivity contribution in [1.29, 1.82) is 0 Å². The van der Waals surface area contributed by atoms with Crippen molar-refractivity contribution >= 4 is 46.7 Å². The van der Waals surface area contributed by atoms with Gasteiger partial charge < -0.3 is 15.2 Å². The summed E-state index contributed by atoms with van der Waals surface area (Å²) in [5.74, 6) is 0.477. The van der Waals surface area contributed by atoms with Crippen LogP contribution < -0.4 is 10.6 Å². The molecule has 1 heterocycles. The Morgan fingerprint density at radius 1 is 0.939 bits per heavy atom. The Labute approximate surface area is 200 Å². The third-order valence-corrected chi connectivity index (χ3v) is 6.14. The van der Waals surface area contributed by atoms with Crippen molar-refractivity contribution in [1.82, 2.24) is 5.16 Å². The van der Waals surface area contributed by atoms with Gasteiger partial charge >= 0.3 is 0 Å². The van der Waals surface area contributed by atoms with Crippen molar-refractivity contribution in [3.05, 3.63) is 107 Å². The Hall–Kier alpha value is -3.55. The molecule has 3 aromatic carbocycles. The number of halogens is 1. The molecule has 1 atom stereocenters. The standard InChI is InChI=1S/C25H20ClN3O3S/c1-16-13-22(29-32-16)28-25(31)23(17-7-3-2-4-8-17)33-21-12-6-11-20(15-21)27-24(30)18-9-5-10-19(26)14-18/h2-15,23H,1H3,(H,27,30)(H,28,29,31). The lowest BCUT2D eigenvalue weighted by Gasteiger charge is -2.17. The summed E-state index contributed by atoms with van der Waals surface area (Å²) in [6, 6.07) is 25.2. The van der Waals surface area contributed by atoms with Gasteiger partial charge in [0, 0.05) is 27.2 Å². The molecule has 6 nitrogen and oxygen atoms in total. The molecule has 33 heavy (non-hydrogen) atoms. The van der Waals surface area contributed by atoms with E-state index in [0.29, 0.717) is 27.9 Å². The molecular formula is C25H20ClN3O3S. The smallest absolute Gasteiger partial charge is 0.255 e. The van der Waals surface area contributed by atoms with E-state index in [2.05, 4.69) is 15.8 Å². The molecule has 0 fully saturated rings. The number of nitrogens with one attached hydrogen (secondary N) is 2. The normalized spacial score (nSPS) is 11.6. The lowest BCUT2D eigenvalue weighted by molar-refractivity contribution is -0.115. The van der Waals surface area contributed by atoms with Crippen LogP contribution in [0.4, 0.5) is 11.5 Å². The summed E-state index contributed by atoms with van der Waals surface area (Å²) in [6.07, 6.45) is 0. The van der Waals surface area contributed by atoms with Gasteiger partial charge in [-0.2, -0.15) is 0 Å².